The van der Waals surface area contributed by atoms with E-state index in [2.05, 4.69) is 11.8 Å². The SMILES string of the molecule is CC(CCCCCS(N)(=O)=O)N1CCOCC1. The largest absolute Gasteiger partial charge is 0.379 e. The number of hydrogen-bond acceptors (Lipinski definition) is 4. The Morgan fingerprint density at radius 2 is 1.88 bits per heavy atom. The van der Waals surface area contributed by atoms with Gasteiger partial charge in [-0.3, -0.25) is 4.90 Å². The normalized spacial score (nSPS) is 20.4. The molecule has 0 aliphatic carbocycles. The molecule has 1 unspecified atom stereocenters. The van der Waals surface area contributed by atoms with Gasteiger partial charge < -0.3 is 4.74 Å². The van der Waals surface area contributed by atoms with E-state index in [0.29, 0.717) is 12.5 Å². The second-order valence-corrected chi connectivity index (χ2v) is 6.45. The van der Waals surface area contributed by atoms with Gasteiger partial charge in [-0.05, 0) is 19.8 Å². The Kier molecular flexibility index (Phi) is 6.40. The molecule has 2 N–H and O–H groups in total. The summed E-state index contributed by atoms with van der Waals surface area (Å²) in [6.07, 6.45) is 3.79. The molecule has 1 rings (SSSR count). The van der Waals surface area contributed by atoms with Crippen LogP contribution in [0.5, 0.6) is 0 Å². The maximum atomic E-state index is 10.7. The van der Waals surface area contributed by atoms with E-state index >= 15 is 0 Å². The lowest BCUT2D eigenvalue weighted by atomic mass is 10.1. The Hall–Kier alpha value is -0.170. The van der Waals surface area contributed by atoms with Crippen molar-refractivity contribution in [3.8, 4) is 0 Å². The van der Waals surface area contributed by atoms with Gasteiger partial charge in [0.1, 0.15) is 0 Å². The third-order valence-electron chi connectivity index (χ3n) is 3.22. The number of ether oxygens (including phenoxy) is 1. The number of unbranched alkanes of at least 4 members (excludes halogenated alkanes) is 2. The molecule has 1 saturated heterocycles. The zero-order valence-electron chi connectivity index (χ0n) is 10.6. The fourth-order valence-corrected chi connectivity index (χ4v) is 2.73. The number of primary sulfonamides is 1. The van der Waals surface area contributed by atoms with Crippen LogP contribution in [0.1, 0.15) is 32.6 Å². The summed E-state index contributed by atoms with van der Waals surface area (Å²) in [4.78, 5) is 2.43. The lowest BCUT2D eigenvalue weighted by molar-refractivity contribution is 0.0182. The van der Waals surface area contributed by atoms with Crippen LogP contribution < -0.4 is 5.14 Å². The minimum Gasteiger partial charge on any atom is -0.379 e. The summed E-state index contributed by atoms with van der Waals surface area (Å²) in [7, 11) is -3.27. The molecule has 1 aliphatic heterocycles. The van der Waals surface area contributed by atoms with Crippen molar-refractivity contribution in [2.45, 2.75) is 38.6 Å². The number of nitrogens with zero attached hydrogens (tertiary/aromatic N) is 1. The van der Waals surface area contributed by atoms with E-state index in [1.54, 1.807) is 0 Å². The maximum Gasteiger partial charge on any atom is 0.209 e. The molecule has 17 heavy (non-hydrogen) atoms. The van der Waals surface area contributed by atoms with Crippen LogP contribution in [0.4, 0.5) is 0 Å². The Morgan fingerprint density at radius 3 is 2.47 bits per heavy atom. The Balaban J connectivity index is 2.05. The molecule has 0 aromatic heterocycles. The zero-order chi connectivity index (χ0) is 12.7. The average Bonchev–Trinajstić information content (AvgIpc) is 2.28. The minimum absolute atomic E-state index is 0.110. The quantitative estimate of drug-likeness (QED) is 0.682. The Labute approximate surface area is 104 Å². The highest BCUT2D eigenvalue weighted by Crippen LogP contribution is 2.11. The highest BCUT2D eigenvalue weighted by Gasteiger charge is 2.16. The first-order valence-corrected chi connectivity index (χ1v) is 8.03. The van der Waals surface area contributed by atoms with Crippen LogP contribution in [-0.2, 0) is 14.8 Å². The van der Waals surface area contributed by atoms with Gasteiger partial charge in [-0.25, -0.2) is 13.6 Å². The molecule has 0 spiro atoms. The fraction of sp³-hybridized carbons (Fsp3) is 1.00. The molecule has 1 atom stereocenters. The van der Waals surface area contributed by atoms with E-state index in [0.717, 1.165) is 45.6 Å². The molecule has 6 heteroatoms. The third-order valence-corrected chi connectivity index (χ3v) is 4.08. The van der Waals surface area contributed by atoms with Crippen molar-refractivity contribution in [1.82, 2.24) is 4.90 Å². The van der Waals surface area contributed by atoms with Crippen molar-refractivity contribution < 1.29 is 13.2 Å². The Morgan fingerprint density at radius 1 is 1.24 bits per heavy atom. The number of hydrogen-bond donors (Lipinski definition) is 1. The summed E-state index contributed by atoms with van der Waals surface area (Å²) in [6, 6.07) is 0.563. The van der Waals surface area contributed by atoms with E-state index in [1.807, 2.05) is 0 Å². The van der Waals surface area contributed by atoms with Gasteiger partial charge in [-0.2, -0.15) is 0 Å². The second-order valence-electron chi connectivity index (χ2n) is 4.71. The van der Waals surface area contributed by atoms with Gasteiger partial charge in [0, 0.05) is 19.1 Å². The van der Waals surface area contributed by atoms with Crippen molar-refractivity contribution in [3.63, 3.8) is 0 Å². The fourth-order valence-electron chi connectivity index (χ4n) is 2.12. The van der Waals surface area contributed by atoms with E-state index in [-0.39, 0.29) is 5.75 Å². The molecule has 0 radical (unpaired) electrons. The van der Waals surface area contributed by atoms with E-state index < -0.39 is 10.0 Å². The Bertz CT molecular complexity index is 300. The van der Waals surface area contributed by atoms with Crippen LogP contribution in [0, 0.1) is 0 Å². The lowest BCUT2D eigenvalue weighted by Gasteiger charge is -2.32. The van der Waals surface area contributed by atoms with Gasteiger partial charge in [0.25, 0.3) is 0 Å². The lowest BCUT2D eigenvalue weighted by Crippen LogP contribution is -2.42. The smallest absolute Gasteiger partial charge is 0.209 e. The van der Waals surface area contributed by atoms with Crippen molar-refractivity contribution in [3.05, 3.63) is 0 Å². The first-order chi connectivity index (χ1) is 7.99. The monoisotopic (exact) mass is 264 g/mol. The molecule has 0 aromatic rings. The van der Waals surface area contributed by atoms with E-state index in [4.69, 9.17) is 9.88 Å². The number of nitrogens with two attached hydrogens (primary N) is 1. The predicted molar refractivity (Wildman–Crippen MR) is 68.3 cm³/mol. The van der Waals surface area contributed by atoms with Crippen molar-refractivity contribution in [2.24, 2.45) is 5.14 Å². The van der Waals surface area contributed by atoms with Crippen molar-refractivity contribution in [2.75, 3.05) is 32.1 Å². The van der Waals surface area contributed by atoms with Gasteiger partial charge in [0.2, 0.25) is 10.0 Å². The third kappa shape index (κ3) is 6.98. The van der Waals surface area contributed by atoms with Gasteiger partial charge >= 0.3 is 0 Å². The van der Waals surface area contributed by atoms with Crippen LogP contribution in [0.3, 0.4) is 0 Å². The standard InChI is InChI=1S/C11H24N2O3S/c1-11(13-6-8-16-9-7-13)5-3-2-4-10-17(12,14)15/h11H,2-10H2,1H3,(H2,12,14,15). The molecule has 0 saturated carbocycles. The van der Waals surface area contributed by atoms with Crippen LogP contribution in [0.25, 0.3) is 0 Å². The highest BCUT2D eigenvalue weighted by molar-refractivity contribution is 7.89. The molecule has 5 nitrogen and oxygen atoms in total. The minimum atomic E-state index is -3.27. The summed E-state index contributed by atoms with van der Waals surface area (Å²) < 4.78 is 26.8. The second kappa shape index (κ2) is 7.31. The molecule has 0 bridgehead atoms. The van der Waals surface area contributed by atoms with Gasteiger partial charge in [0.05, 0.1) is 19.0 Å². The van der Waals surface area contributed by atoms with Gasteiger partial charge in [0.15, 0.2) is 0 Å². The van der Waals surface area contributed by atoms with Crippen LogP contribution >= 0.6 is 0 Å². The molecule has 1 aliphatic rings. The summed E-state index contributed by atoms with van der Waals surface area (Å²) in [5, 5.41) is 4.94. The van der Waals surface area contributed by atoms with Crippen LogP contribution in [0.15, 0.2) is 0 Å². The van der Waals surface area contributed by atoms with E-state index in [1.165, 1.54) is 0 Å². The molecular weight excluding hydrogens is 240 g/mol. The first kappa shape index (κ1) is 14.9. The molecule has 1 fully saturated rings. The van der Waals surface area contributed by atoms with Gasteiger partial charge in [-0.1, -0.05) is 12.8 Å². The van der Waals surface area contributed by atoms with Crippen LogP contribution in [-0.4, -0.2) is 51.4 Å². The zero-order valence-corrected chi connectivity index (χ0v) is 11.4. The highest BCUT2D eigenvalue weighted by atomic mass is 32.2. The summed E-state index contributed by atoms with van der Waals surface area (Å²) in [6.45, 7) is 5.91. The summed E-state index contributed by atoms with van der Waals surface area (Å²) >= 11 is 0. The molecular formula is C11H24N2O3S. The number of sulfonamides is 1. The number of morpholine rings is 1. The van der Waals surface area contributed by atoms with Crippen molar-refractivity contribution in [1.29, 1.82) is 0 Å². The summed E-state index contributed by atoms with van der Waals surface area (Å²) in [5.74, 6) is 0.110. The van der Waals surface area contributed by atoms with Gasteiger partial charge in [-0.15, -0.1) is 0 Å². The number of rotatable bonds is 7. The predicted octanol–water partition coefficient (Wildman–Crippen LogP) is 0.556. The first-order valence-electron chi connectivity index (χ1n) is 6.31. The topological polar surface area (TPSA) is 72.6 Å². The molecule has 1 heterocycles. The van der Waals surface area contributed by atoms with Crippen LogP contribution in [0.2, 0.25) is 0 Å². The molecule has 102 valence electrons. The summed E-state index contributed by atoms with van der Waals surface area (Å²) in [5.41, 5.74) is 0. The maximum absolute atomic E-state index is 10.7. The van der Waals surface area contributed by atoms with E-state index in [9.17, 15) is 8.42 Å². The molecule has 0 aromatic carbocycles. The van der Waals surface area contributed by atoms with Crippen molar-refractivity contribution >= 4 is 10.0 Å². The molecule has 0 amide bonds. The average molecular weight is 264 g/mol.